The van der Waals surface area contributed by atoms with Crippen molar-refractivity contribution in [3.05, 3.63) is 190 Å². The van der Waals surface area contributed by atoms with Crippen LogP contribution >= 0.6 is 0 Å². The van der Waals surface area contributed by atoms with Gasteiger partial charge in [0.15, 0.2) is 0 Å². The summed E-state index contributed by atoms with van der Waals surface area (Å²) in [6, 6.07) is 54.0. The van der Waals surface area contributed by atoms with Crippen LogP contribution in [0, 0.1) is 0 Å². The van der Waals surface area contributed by atoms with E-state index < -0.39 is 0 Å². The van der Waals surface area contributed by atoms with E-state index in [1.165, 1.54) is 106 Å². The molecule has 2 aliphatic heterocycles. The molecule has 0 fully saturated rings. The monoisotopic (exact) mass is 872 g/mol. The lowest BCUT2D eigenvalue weighted by molar-refractivity contribution is 0.545. The Hall–Kier alpha value is -6.52. The minimum absolute atomic E-state index is 0.0318. The number of hydrogen-bond acceptors (Lipinski definition) is 3. The Kier molecular flexibility index (Phi) is 8.91. The van der Waals surface area contributed by atoms with Crippen LogP contribution in [0.3, 0.4) is 0 Å². The first-order chi connectivity index (χ1) is 31.9. The number of aryl methyl sites for hydroxylation is 1. The Morgan fingerprint density at radius 1 is 0.522 bits per heavy atom. The molecule has 7 aromatic carbocycles. The SMILES string of the molecule is CC(C)(C)c1ccc2c(c1)N(c1ccc(C3=CCCc4oc5ccccc5c43)cc1)c1cc(C(C)(C)C)cc3c1B2c1ccc(C(C)(C)C)cc1N3c1ccc2c(c1)C(C)(C)c1ccccc1-2. The molecule has 0 atom stereocenters. The lowest BCUT2D eigenvalue weighted by atomic mass is 9.33. The summed E-state index contributed by atoms with van der Waals surface area (Å²) in [5, 5.41) is 1.19. The minimum atomic E-state index is -0.129. The zero-order chi connectivity index (χ0) is 46.5. The normalized spacial score (nSPS) is 15.7. The van der Waals surface area contributed by atoms with Gasteiger partial charge in [-0.2, -0.15) is 0 Å². The van der Waals surface area contributed by atoms with Crippen molar-refractivity contribution < 1.29 is 4.42 Å². The number of allylic oxidation sites excluding steroid dienone is 1. The third kappa shape index (κ3) is 6.31. The first-order valence-corrected chi connectivity index (χ1v) is 24.5. The molecule has 1 aromatic heterocycles. The first kappa shape index (κ1) is 41.9. The number of rotatable bonds is 3. The molecule has 0 saturated heterocycles. The van der Waals surface area contributed by atoms with Gasteiger partial charge < -0.3 is 14.2 Å². The highest BCUT2D eigenvalue weighted by Gasteiger charge is 2.45. The average Bonchev–Trinajstić information content (AvgIpc) is 3.79. The van der Waals surface area contributed by atoms with Crippen LogP contribution in [-0.4, -0.2) is 6.71 Å². The van der Waals surface area contributed by atoms with E-state index in [1.54, 1.807) is 0 Å². The fourth-order valence-corrected chi connectivity index (χ4v) is 11.8. The first-order valence-electron chi connectivity index (χ1n) is 24.5. The number of hydrogen-bond donors (Lipinski definition) is 0. The number of benzene rings is 7. The summed E-state index contributed by atoms with van der Waals surface area (Å²) in [7, 11) is 0. The van der Waals surface area contributed by atoms with Crippen LogP contribution < -0.4 is 26.2 Å². The molecule has 12 rings (SSSR count). The van der Waals surface area contributed by atoms with Crippen molar-refractivity contribution in [2.45, 2.75) is 111 Å². The van der Waals surface area contributed by atoms with Crippen molar-refractivity contribution >= 4 is 73.8 Å². The van der Waals surface area contributed by atoms with E-state index in [0.717, 1.165) is 29.9 Å². The number of nitrogens with zero attached hydrogens (tertiary/aromatic N) is 2. The molecule has 4 heteroatoms. The molecule has 332 valence electrons. The lowest BCUT2D eigenvalue weighted by Gasteiger charge is -2.46. The van der Waals surface area contributed by atoms with Crippen molar-refractivity contribution in [3.63, 3.8) is 0 Å². The number of fused-ring (bicyclic) bond motifs is 10. The molecule has 2 aliphatic carbocycles. The van der Waals surface area contributed by atoms with Gasteiger partial charge in [-0.3, -0.25) is 0 Å². The van der Waals surface area contributed by atoms with E-state index in [4.69, 9.17) is 4.42 Å². The van der Waals surface area contributed by atoms with Gasteiger partial charge in [0, 0.05) is 56.9 Å². The molecule has 0 N–H and O–H groups in total. The standard InChI is InChI=1S/C63H61BN2O/c1-60(2,3)39-25-31-50-52(33-39)65(42-27-23-38(24-28-42)44-19-16-22-57-58(44)47-18-13-15-21-56(47)67-57)54-35-41(62(7,8)9)36-55-59(54)64(50)51-32-26-40(61(4,5)6)34-53(51)66(55)43-29-30-46-45-17-12-14-20-48(45)63(10,11)49(46)37-43/h12-15,17-21,23-37H,16,22H2,1-11H3. The molecule has 3 heterocycles. The number of furan rings is 1. The molecule has 0 bridgehead atoms. The highest BCUT2D eigenvalue weighted by molar-refractivity contribution is 7.00. The lowest BCUT2D eigenvalue weighted by Crippen LogP contribution is -2.61. The zero-order valence-electron chi connectivity index (χ0n) is 41.2. The molecular weight excluding hydrogens is 812 g/mol. The maximum atomic E-state index is 6.44. The fraction of sp³-hybridized carbons (Fsp3) is 0.270. The van der Waals surface area contributed by atoms with Gasteiger partial charge in [-0.05, 0) is 144 Å². The highest BCUT2D eigenvalue weighted by atomic mass is 16.3. The van der Waals surface area contributed by atoms with Crippen LogP contribution in [0.2, 0.25) is 0 Å². The smallest absolute Gasteiger partial charge is 0.252 e. The van der Waals surface area contributed by atoms with E-state index in [2.05, 4.69) is 232 Å². The van der Waals surface area contributed by atoms with Crippen LogP contribution in [-0.2, 0) is 28.1 Å². The summed E-state index contributed by atoms with van der Waals surface area (Å²) >= 11 is 0. The highest BCUT2D eigenvalue weighted by Crippen LogP contribution is 2.53. The van der Waals surface area contributed by atoms with Gasteiger partial charge >= 0.3 is 0 Å². The van der Waals surface area contributed by atoms with E-state index in [-0.39, 0.29) is 28.4 Å². The van der Waals surface area contributed by atoms with Crippen LogP contribution in [0.4, 0.5) is 34.1 Å². The Morgan fingerprint density at radius 2 is 1.07 bits per heavy atom. The Balaban J connectivity index is 1.11. The Morgan fingerprint density at radius 3 is 1.72 bits per heavy atom. The van der Waals surface area contributed by atoms with Crippen molar-refractivity contribution in [2.75, 3.05) is 9.80 Å². The van der Waals surface area contributed by atoms with Gasteiger partial charge in [-0.15, -0.1) is 0 Å². The number of para-hydroxylation sites is 1. The third-order valence-electron chi connectivity index (χ3n) is 15.6. The van der Waals surface area contributed by atoms with Crippen LogP contribution in [0.5, 0.6) is 0 Å². The maximum absolute atomic E-state index is 6.44. The summed E-state index contributed by atoms with van der Waals surface area (Å²) < 4.78 is 6.44. The molecule has 0 amide bonds. The minimum Gasteiger partial charge on any atom is -0.460 e. The van der Waals surface area contributed by atoms with Crippen molar-refractivity contribution in [1.82, 2.24) is 0 Å². The summed E-state index contributed by atoms with van der Waals surface area (Å²) in [6.07, 6.45) is 4.31. The van der Waals surface area contributed by atoms with E-state index in [1.807, 2.05) is 0 Å². The van der Waals surface area contributed by atoms with Crippen molar-refractivity contribution in [3.8, 4) is 11.1 Å². The molecule has 0 spiro atoms. The molecule has 0 unspecified atom stereocenters. The van der Waals surface area contributed by atoms with Gasteiger partial charge in [0.25, 0.3) is 6.71 Å². The largest absolute Gasteiger partial charge is 0.460 e. The van der Waals surface area contributed by atoms with Gasteiger partial charge in [0.05, 0.1) is 0 Å². The maximum Gasteiger partial charge on any atom is 0.252 e. The second kappa shape index (κ2) is 14.3. The molecule has 8 aromatic rings. The van der Waals surface area contributed by atoms with Crippen molar-refractivity contribution in [1.29, 1.82) is 0 Å². The second-order valence-corrected chi connectivity index (χ2v) is 23.3. The fourth-order valence-electron chi connectivity index (χ4n) is 11.8. The summed E-state index contributed by atoms with van der Waals surface area (Å²) in [6.45, 7) is 26.0. The van der Waals surface area contributed by atoms with Crippen molar-refractivity contribution in [2.24, 2.45) is 0 Å². The number of anilines is 6. The predicted octanol–water partition coefficient (Wildman–Crippen LogP) is 15.1. The average molecular weight is 873 g/mol. The van der Waals surface area contributed by atoms with Gasteiger partial charge in [0.1, 0.15) is 11.3 Å². The summed E-state index contributed by atoms with van der Waals surface area (Å²) in [5.41, 5.74) is 25.3. The second-order valence-electron chi connectivity index (χ2n) is 23.3. The van der Waals surface area contributed by atoms with Crippen LogP contribution in [0.15, 0.2) is 150 Å². The molecule has 0 saturated carbocycles. The molecule has 67 heavy (non-hydrogen) atoms. The third-order valence-corrected chi connectivity index (χ3v) is 15.6. The van der Waals surface area contributed by atoms with E-state index >= 15 is 0 Å². The molecule has 4 aliphatic rings. The van der Waals surface area contributed by atoms with Crippen LogP contribution in [0.1, 0.15) is 127 Å². The predicted molar refractivity (Wildman–Crippen MR) is 286 cm³/mol. The van der Waals surface area contributed by atoms with Crippen LogP contribution in [0.25, 0.3) is 27.7 Å². The topological polar surface area (TPSA) is 19.6 Å². The Labute approximate surface area is 398 Å². The molecule has 3 nitrogen and oxygen atoms in total. The molecular formula is C63H61BN2O. The van der Waals surface area contributed by atoms with E-state index in [9.17, 15) is 0 Å². The summed E-state index contributed by atoms with van der Waals surface area (Å²) in [5.74, 6) is 1.09. The van der Waals surface area contributed by atoms with Gasteiger partial charge in [-0.1, -0.05) is 167 Å². The summed E-state index contributed by atoms with van der Waals surface area (Å²) in [4.78, 5) is 5.23. The van der Waals surface area contributed by atoms with Gasteiger partial charge in [0.2, 0.25) is 0 Å². The zero-order valence-corrected chi connectivity index (χ0v) is 41.2. The van der Waals surface area contributed by atoms with E-state index in [0.29, 0.717) is 0 Å². The Bertz CT molecular complexity index is 3400. The molecule has 0 radical (unpaired) electrons. The quantitative estimate of drug-likeness (QED) is 0.165. The van der Waals surface area contributed by atoms with Gasteiger partial charge in [-0.25, -0.2) is 0 Å².